The van der Waals surface area contributed by atoms with Crippen molar-refractivity contribution in [2.75, 3.05) is 7.11 Å². The molecule has 0 atom stereocenters. The lowest BCUT2D eigenvalue weighted by molar-refractivity contribution is -0.102. The van der Waals surface area contributed by atoms with Gasteiger partial charge in [0, 0.05) is 0 Å². The van der Waals surface area contributed by atoms with Gasteiger partial charge in [0.2, 0.25) is 0 Å². The molecule has 0 radical (unpaired) electrons. The summed E-state index contributed by atoms with van der Waals surface area (Å²) < 4.78 is 4.32. The SMILES string of the molecule is CO/C=N\C(=N)C=O. The van der Waals surface area contributed by atoms with Crippen molar-refractivity contribution in [2.45, 2.75) is 0 Å². The Kier molecular flexibility index (Phi) is 3.39. The lowest BCUT2D eigenvalue weighted by atomic mass is 10.7. The van der Waals surface area contributed by atoms with E-state index in [0.717, 1.165) is 6.40 Å². The van der Waals surface area contributed by atoms with Crippen LogP contribution in [0.15, 0.2) is 4.99 Å². The van der Waals surface area contributed by atoms with Crippen molar-refractivity contribution < 1.29 is 9.53 Å². The molecular formula is C4H6N2O2. The second-order valence-corrected chi connectivity index (χ2v) is 0.973. The molecule has 44 valence electrons. The number of hydrogen-bond donors (Lipinski definition) is 1. The predicted molar refractivity (Wildman–Crippen MR) is 29.3 cm³/mol. The third kappa shape index (κ3) is 3.02. The van der Waals surface area contributed by atoms with Crippen molar-refractivity contribution >= 4 is 18.5 Å². The van der Waals surface area contributed by atoms with Gasteiger partial charge in [-0.2, -0.15) is 4.99 Å². The van der Waals surface area contributed by atoms with Crippen molar-refractivity contribution in [1.29, 1.82) is 5.41 Å². The molecule has 8 heavy (non-hydrogen) atoms. The van der Waals surface area contributed by atoms with E-state index in [4.69, 9.17) is 5.41 Å². The van der Waals surface area contributed by atoms with Crippen LogP contribution in [0.2, 0.25) is 0 Å². The van der Waals surface area contributed by atoms with Gasteiger partial charge in [-0.1, -0.05) is 0 Å². The number of amidine groups is 1. The number of methoxy groups -OCH3 is 1. The van der Waals surface area contributed by atoms with E-state index in [1.54, 1.807) is 0 Å². The predicted octanol–water partition coefficient (Wildman–Crippen LogP) is -0.163. The van der Waals surface area contributed by atoms with Crippen LogP contribution in [0.25, 0.3) is 0 Å². The van der Waals surface area contributed by atoms with E-state index in [1.165, 1.54) is 7.11 Å². The molecule has 0 rings (SSSR count). The first-order valence-corrected chi connectivity index (χ1v) is 1.90. The molecule has 0 fully saturated rings. The number of nitrogens with one attached hydrogen (secondary N) is 1. The van der Waals surface area contributed by atoms with Crippen LogP contribution in [0.1, 0.15) is 0 Å². The molecule has 1 N–H and O–H groups in total. The van der Waals surface area contributed by atoms with E-state index < -0.39 is 0 Å². The molecular weight excluding hydrogens is 108 g/mol. The first-order chi connectivity index (χ1) is 3.81. The van der Waals surface area contributed by atoms with Gasteiger partial charge < -0.3 is 4.74 Å². The van der Waals surface area contributed by atoms with Gasteiger partial charge in [0.15, 0.2) is 18.5 Å². The average molecular weight is 114 g/mol. The second-order valence-electron chi connectivity index (χ2n) is 0.973. The molecule has 0 heterocycles. The Balaban J connectivity index is 3.52. The van der Waals surface area contributed by atoms with Crippen LogP contribution in [0.4, 0.5) is 0 Å². The minimum Gasteiger partial charge on any atom is -0.486 e. The third-order valence-corrected chi connectivity index (χ3v) is 0.409. The Labute approximate surface area is 46.7 Å². The van der Waals surface area contributed by atoms with Gasteiger partial charge >= 0.3 is 0 Å². The summed E-state index contributed by atoms with van der Waals surface area (Å²) in [7, 11) is 1.39. The fourth-order valence-corrected chi connectivity index (χ4v) is 0.140. The second kappa shape index (κ2) is 3.98. The van der Waals surface area contributed by atoms with Crippen molar-refractivity contribution in [3.05, 3.63) is 0 Å². The Morgan fingerprint density at radius 3 is 2.88 bits per heavy atom. The van der Waals surface area contributed by atoms with Gasteiger partial charge in [-0.25, -0.2) is 0 Å². The van der Waals surface area contributed by atoms with Crippen LogP contribution in [-0.2, 0) is 9.53 Å². The first-order valence-electron chi connectivity index (χ1n) is 1.90. The topological polar surface area (TPSA) is 62.5 Å². The molecule has 0 saturated heterocycles. The summed E-state index contributed by atoms with van der Waals surface area (Å²) in [4.78, 5) is 12.8. The van der Waals surface area contributed by atoms with Crippen molar-refractivity contribution in [3.63, 3.8) is 0 Å². The molecule has 0 unspecified atom stereocenters. The van der Waals surface area contributed by atoms with Crippen LogP contribution in [0.5, 0.6) is 0 Å². The lowest BCUT2D eigenvalue weighted by Crippen LogP contribution is -1.92. The number of aldehydes is 1. The Morgan fingerprint density at radius 1 is 1.88 bits per heavy atom. The molecule has 0 amide bonds. The highest BCUT2D eigenvalue weighted by atomic mass is 16.5. The van der Waals surface area contributed by atoms with Crippen molar-refractivity contribution in [3.8, 4) is 0 Å². The van der Waals surface area contributed by atoms with Crippen molar-refractivity contribution in [2.24, 2.45) is 4.99 Å². The molecule has 0 aliphatic rings. The monoisotopic (exact) mass is 114 g/mol. The van der Waals surface area contributed by atoms with Crippen LogP contribution in [0.3, 0.4) is 0 Å². The minimum atomic E-state index is -0.341. The Bertz CT molecular complexity index is 119. The average Bonchev–Trinajstić information content (AvgIpc) is 1.83. The van der Waals surface area contributed by atoms with Crippen LogP contribution < -0.4 is 0 Å². The molecule has 4 heteroatoms. The van der Waals surface area contributed by atoms with E-state index in [0.29, 0.717) is 6.29 Å². The highest BCUT2D eigenvalue weighted by Gasteiger charge is 1.81. The molecule has 0 bridgehead atoms. The first kappa shape index (κ1) is 6.81. The zero-order valence-electron chi connectivity index (χ0n) is 4.42. The van der Waals surface area contributed by atoms with Crippen LogP contribution in [0, 0.1) is 5.41 Å². The fraction of sp³-hybridized carbons (Fsp3) is 0.250. The molecule has 0 saturated carbocycles. The van der Waals surface area contributed by atoms with E-state index in [1.807, 2.05) is 0 Å². The quantitative estimate of drug-likeness (QED) is 0.308. The summed E-state index contributed by atoms with van der Waals surface area (Å²) in [6.45, 7) is 0. The van der Waals surface area contributed by atoms with E-state index >= 15 is 0 Å². The standard InChI is InChI=1S/C4H6N2O2/c1-8-3-6-4(5)2-7/h2-3,5H,1H3/b5-4?,6-3-. The largest absolute Gasteiger partial charge is 0.486 e. The number of hydrogen-bond acceptors (Lipinski definition) is 3. The number of carbonyl (C=O) groups excluding carboxylic acids is 1. The molecule has 0 aromatic rings. The third-order valence-electron chi connectivity index (χ3n) is 0.409. The smallest absolute Gasteiger partial charge is 0.188 e. The molecule has 0 aliphatic carbocycles. The maximum Gasteiger partial charge on any atom is 0.188 e. The summed E-state index contributed by atoms with van der Waals surface area (Å²) in [5.41, 5.74) is 0. The normalized spacial score (nSPS) is 9.12. The number of aliphatic imine (C=N–C) groups is 1. The molecule has 0 aromatic carbocycles. The van der Waals surface area contributed by atoms with Gasteiger partial charge in [-0.3, -0.25) is 10.2 Å². The Morgan fingerprint density at radius 2 is 2.50 bits per heavy atom. The number of ether oxygens (including phenoxy) is 1. The van der Waals surface area contributed by atoms with Gasteiger partial charge in [-0.15, -0.1) is 0 Å². The van der Waals surface area contributed by atoms with Gasteiger partial charge in [0.1, 0.15) is 0 Å². The number of nitrogens with zero attached hydrogens (tertiary/aromatic N) is 1. The summed E-state index contributed by atoms with van der Waals surface area (Å²) in [5.74, 6) is -0.341. The maximum absolute atomic E-state index is 9.62. The highest BCUT2D eigenvalue weighted by Crippen LogP contribution is 1.65. The van der Waals surface area contributed by atoms with E-state index in [9.17, 15) is 4.79 Å². The summed E-state index contributed by atoms with van der Waals surface area (Å²) in [6.07, 6.45) is 1.35. The van der Waals surface area contributed by atoms with E-state index in [-0.39, 0.29) is 5.84 Å². The van der Waals surface area contributed by atoms with Crippen molar-refractivity contribution in [1.82, 2.24) is 0 Å². The minimum absolute atomic E-state index is 0.329. The van der Waals surface area contributed by atoms with Gasteiger partial charge in [0.05, 0.1) is 7.11 Å². The Hall–Kier alpha value is -1.19. The summed E-state index contributed by atoms with van der Waals surface area (Å²) in [6, 6.07) is 0. The van der Waals surface area contributed by atoms with Gasteiger partial charge in [-0.05, 0) is 0 Å². The summed E-state index contributed by atoms with van der Waals surface area (Å²) >= 11 is 0. The van der Waals surface area contributed by atoms with Crippen LogP contribution >= 0.6 is 0 Å². The lowest BCUT2D eigenvalue weighted by Gasteiger charge is -1.81. The fourth-order valence-electron chi connectivity index (χ4n) is 0.140. The van der Waals surface area contributed by atoms with Gasteiger partial charge in [0.25, 0.3) is 0 Å². The number of rotatable bonds is 2. The molecule has 0 spiro atoms. The maximum atomic E-state index is 9.62. The molecule has 4 nitrogen and oxygen atoms in total. The number of carbonyl (C=O) groups is 1. The highest BCUT2D eigenvalue weighted by molar-refractivity contribution is 6.27. The van der Waals surface area contributed by atoms with E-state index in [2.05, 4.69) is 9.73 Å². The molecule has 0 aromatic heterocycles. The zero-order chi connectivity index (χ0) is 6.41. The van der Waals surface area contributed by atoms with Crippen LogP contribution in [-0.4, -0.2) is 25.6 Å². The zero-order valence-corrected chi connectivity index (χ0v) is 4.42. The summed E-state index contributed by atoms with van der Waals surface area (Å²) in [5, 5.41) is 6.59. The molecule has 0 aliphatic heterocycles.